The van der Waals surface area contributed by atoms with Crippen molar-refractivity contribution in [3.05, 3.63) is 188 Å². The Hall–Kier alpha value is -6.98. The van der Waals surface area contributed by atoms with Crippen LogP contribution in [0.3, 0.4) is 0 Å². The molecule has 0 aliphatic rings. The lowest BCUT2D eigenvalue weighted by atomic mass is 9.99. The van der Waals surface area contributed by atoms with Gasteiger partial charge < -0.3 is 10.0 Å². The number of anilines is 3. The minimum absolute atomic E-state index is 0.188. The molecule has 6 aromatic carbocycles. The molecular weight excluding hydrogens is 625 g/mol. The van der Waals surface area contributed by atoms with Crippen LogP contribution < -0.4 is 4.90 Å². The number of nitrogens with zero attached hydrogens (tertiary/aromatic N) is 4. The molecule has 9 rings (SSSR count). The molecule has 51 heavy (non-hydrogen) atoms. The van der Waals surface area contributed by atoms with Gasteiger partial charge in [0.1, 0.15) is 17.1 Å². The lowest BCUT2D eigenvalue weighted by molar-refractivity contribution is 0.477. The SMILES string of the molecule is Oc1ccccc1-c1nc2c(-c3cc(-c4ccccn4)cc(N(c4ccccc4)c4ccc5ccccc5c4)c3)cccn2c1-c1ccccc1. The fourth-order valence-corrected chi connectivity index (χ4v) is 6.94. The molecule has 0 aliphatic carbocycles. The quantitative estimate of drug-likeness (QED) is 0.185. The largest absolute Gasteiger partial charge is 0.507 e. The van der Waals surface area contributed by atoms with E-state index in [4.69, 9.17) is 9.97 Å². The van der Waals surface area contributed by atoms with Crippen LogP contribution in [-0.2, 0) is 0 Å². The fraction of sp³-hybridized carbons (Fsp3) is 0. The van der Waals surface area contributed by atoms with Gasteiger partial charge >= 0.3 is 0 Å². The second-order valence-electron chi connectivity index (χ2n) is 12.5. The standard InChI is InChI=1S/C46H32N4O/c51-43-23-10-9-20-41(43)44-45(33-15-3-1-4-16-33)49-27-13-21-40(46(49)48-44)35-28-36(42-22-11-12-26-47-42)31-39(30-35)50(37-18-5-2-6-19-37)38-25-24-32-14-7-8-17-34(32)29-38/h1-31,51H. The van der Waals surface area contributed by atoms with Crippen LogP contribution >= 0.6 is 0 Å². The Labute approximate surface area is 296 Å². The first-order valence-corrected chi connectivity index (χ1v) is 17.0. The molecule has 0 fully saturated rings. The third-order valence-corrected chi connectivity index (χ3v) is 9.31. The predicted molar refractivity (Wildman–Crippen MR) is 209 cm³/mol. The maximum atomic E-state index is 11.0. The highest BCUT2D eigenvalue weighted by molar-refractivity contribution is 5.93. The average molecular weight is 657 g/mol. The Morgan fingerprint density at radius 3 is 2.00 bits per heavy atom. The van der Waals surface area contributed by atoms with Crippen LogP contribution in [0.5, 0.6) is 5.75 Å². The highest BCUT2D eigenvalue weighted by Crippen LogP contribution is 2.43. The van der Waals surface area contributed by atoms with Crippen LogP contribution in [-0.4, -0.2) is 19.5 Å². The molecule has 0 bridgehead atoms. The molecule has 5 nitrogen and oxygen atoms in total. The third-order valence-electron chi connectivity index (χ3n) is 9.31. The summed E-state index contributed by atoms with van der Waals surface area (Å²) in [6.45, 7) is 0. The van der Waals surface area contributed by atoms with Gasteiger partial charge in [0.15, 0.2) is 0 Å². The van der Waals surface area contributed by atoms with Gasteiger partial charge in [0, 0.05) is 51.7 Å². The van der Waals surface area contributed by atoms with E-state index in [2.05, 4.69) is 118 Å². The van der Waals surface area contributed by atoms with E-state index in [1.165, 1.54) is 10.8 Å². The molecule has 0 radical (unpaired) electrons. The van der Waals surface area contributed by atoms with Crippen LogP contribution in [0.2, 0.25) is 0 Å². The van der Waals surface area contributed by atoms with E-state index in [1.54, 1.807) is 6.07 Å². The zero-order valence-corrected chi connectivity index (χ0v) is 27.6. The number of aromatic nitrogens is 3. The summed E-state index contributed by atoms with van der Waals surface area (Å²) in [6, 6.07) is 60.0. The maximum absolute atomic E-state index is 11.0. The number of rotatable bonds is 7. The van der Waals surface area contributed by atoms with Crippen LogP contribution in [0.25, 0.3) is 61.3 Å². The summed E-state index contributed by atoms with van der Waals surface area (Å²) in [6.07, 6.45) is 3.88. The Bertz CT molecular complexity index is 2650. The second kappa shape index (κ2) is 12.8. The van der Waals surface area contributed by atoms with Crippen molar-refractivity contribution in [2.75, 3.05) is 4.90 Å². The van der Waals surface area contributed by atoms with Crippen LogP contribution in [0.1, 0.15) is 0 Å². The lowest BCUT2D eigenvalue weighted by Crippen LogP contribution is -2.10. The van der Waals surface area contributed by atoms with Crippen molar-refractivity contribution >= 4 is 33.5 Å². The van der Waals surface area contributed by atoms with E-state index < -0.39 is 0 Å². The minimum atomic E-state index is 0.188. The van der Waals surface area contributed by atoms with E-state index in [1.807, 2.05) is 73.1 Å². The number of hydrogen-bond donors (Lipinski definition) is 1. The normalized spacial score (nSPS) is 11.2. The summed E-state index contributed by atoms with van der Waals surface area (Å²) in [7, 11) is 0. The Morgan fingerprint density at radius 1 is 0.490 bits per heavy atom. The topological polar surface area (TPSA) is 53.7 Å². The third kappa shape index (κ3) is 5.57. The highest BCUT2D eigenvalue weighted by Gasteiger charge is 2.22. The number of hydrogen-bond acceptors (Lipinski definition) is 4. The molecule has 3 aromatic heterocycles. The molecule has 1 N–H and O–H groups in total. The van der Waals surface area contributed by atoms with Gasteiger partial charge in [-0.15, -0.1) is 0 Å². The van der Waals surface area contributed by atoms with Gasteiger partial charge in [-0.3, -0.25) is 9.38 Å². The number of imidazole rings is 1. The average Bonchev–Trinajstić information content (AvgIpc) is 3.59. The summed E-state index contributed by atoms with van der Waals surface area (Å²) >= 11 is 0. The number of aromatic hydroxyl groups is 1. The van der Waals surface area contributed by atoms with Crippen molar-refractivity contribution in [1.82, 2.24) is 14.4 Å². The summed E-state index contributed by atoms with van der Waals surface area (Å²) in [4.78, 5) is 12.4. The van der Waals surface area contributed by atoms with Crippen molar-refractivity contribution in [2.24, 2.45) is 0 Å². The number of fused-ring (bicyclic) bond motifs is 2. The Balaban J connectivity index is 1.31. The first-order valence-electron chi connectivity index (χ1n) is 17.0. The molecule has 0 aliphatic heterocycles. The van der Waals surface area contributed by atoms with Gasteiger partial charge in [-0.2, -0.15) is 0 Å². The zero-order valence-electron chi connectivity index (χ0n) is 27.6. The van der Waals surface area contributed by atoms with Crippen molar-refractivity contribution in [2.45, 2.75) is 0 Å². The maximum Gasteiger partial charge on any atom is 0.145 e. The van der Waals surface area contributed by atoms with E-state index in [-0.39, 0.29) is 5.75 Å². The van der Waals surface area contributed by atoms with E-state index in [9.17, 15) is 5.11 Å². The lowest BCUT2D eigenvalue weighted by Gasteiger charge is -2.27. The number of phenols is 1. The summed E-state index contributed by atoms with van der Waals surface area (Å²) in [5.74, 6) is 0.188. The predicted octanol–water partition coefficient (Wildman–Crippen LogP) is 11.7. The van der Waals surface area contributed by atoms with Gasteiger partial charge in [-0.05, 0) is 95.2 Å². The first-order chi connectivity index (χ1) is 25.2. The van der Waals surface area contributed by atoms with Crippen LogP contribution in [0.15, 0.2) is 188 Å². The van der Waals surface area contributed by atoms with Crippen molar-refractivity contribution in [3.8, 4) is 50.6 Å². The number of para-hydroxylation sites is 2. The minimum Gasteiger partial charge on any atom is -0.507 e. The molecule has 0 atom stereocenters. The second-order valence-corrected chi connectivity index (χ2v) is 12.5. The van der Waals surface area contributed by atoms with Gasteiger partial charge in [0.25, 0.3) is 0 Å². The summed E-state index contributed by atoms with van der Waals surface area (Å²) in [5.41, 5.74) is 11.0. The first kappa shape index (κ1) is 30.1. The number of pyridine rings is 2. The Morgan fingerprint density at radius 2 is 1.20 bits per heavy atom. The summed E-state index contributed by atoms with van der Waals surface area (Å²) < 4.78 is 2.14. The van der Waals surface area contributed by atoms with Gasteiger partial charge in [0.05, 0.1) is 11.4 Å². The van der Waals surface area contributed by atoms with Crippen LogP contribution in [0.4, 0.5) is 17.1 Å². The van der Waals surface area contributed by atoms with Crippen molar-refractivity contribution in [1.29, 1.82) is 0 Å². The van der Waals surface area contributed by atoms with Crippen molar-refractivity contribution in [3.63, 3.8) is 0 Å². The van der Waals surface area contributed by atoms with E-state index in [0.717, 1.165) is 62.0 Å². The van der Waals surface area contributed by atoms with Gasteiger partial charge in [-0.1, -0.05) is 97.1 Å². The Kier molecular flexibility index (Phi) is 7.56. The number of phenolic OH excluding ortho intramolecular Hbond substituents is 1. The molecule has 242 valence electrons. The summed E-state index contributed by atoms with van der Waals surface area (Å²) in [5, 5.41) is 13.4. The molecule has 0 unspecified atom stereocenters. The molecule has 0 saturated carbocycles. The molecule has 3 heterocycles. The smallest absolute Gasteiger partial charge is 0.145 e. The molecule has 0 saturated heterocycles. The highest BCUT2D eigenvalue weighted by atomic mass is 16.3. The number of benzene rings is 6. The molecule has 9 aromatic rings. The van der Waals surface area contributed by atoms with Gasteiger partial charge in [0.2, 0.25) is 0 Å². The van der Waals surface area contributed by atoms with Crippen LogP contribution in [0, 0.1) is 0 Å². The van der Waals surface area contributed by atoms with Crippen molar-refractivity contribution < 1.29 is 5.11 Å². The molecular formula is C46H32N4O. The fourth-order valence-electron chi connectivity index (χ4n) is 6.94. The van der Waals surface area contributed by atoms with E-state index in [0.29, 0.717) is 5.56 Å². The molecule has 5 heteroatoms. The van der Waals surface area contributed by atoms with Gasteiger partial charge in [-0.25, -0.2) is 4.98 Å². The zero-order chi connectivity index (χ0) is 34.1. The molecule has 0 amide bonds. The monoisotopic (exact) mass is 656 g/mol. The van der Waals surface area contributed by atoms with E-state index >= 15 is 0 Å². The molecule has 0 spiro atoms.